The monoisotopic (exact) mass is 646 g/mol. The van der Waals surface area contributed by atoms with Crippen LogP contribution in [0.4, 0.5) is 0 Å². The van der Waals surface area contributed by atoms with E-state index in [0.29, 0.717) is 0 Å². The van der Waals surface area contributed by atoms with Gasteiger partial charge in [-0.25, -0.2) is 0 Å². The second-order valence-corrected chi connectivity index (χ2v) is 8.24. The predicted molar refractivity (Wildman–Crippen MR) is 134 cm³/mol. The van der Waals surface area contributed by atoms with Crippen LogP contribution in [-0.2, 0) is 38.7 Å². The first kappa shape index (κ1) is 33.0. The number of rotatable bonds is 6. The van der Waals surface area contributed by atoms with Crippen molar-refractivity contribution in [1.29, 1.82) is 0 Å². The number of benzene rings is 2. The van der Waals surface area contributed by atoms with Gasteiger partial charge in [-0.2, -0.15) is 12.1 Å². The summed E-state index contributed by atoms with van der Waals surface area (Å²) in [4.78, 5) is 0. The third-order valence-electron chi connectivity index (χ3n) is 4.75. The summed E-state index contributed by atoms with van der Waals surface area (Å²) in [6.07, 6.45) is 6.16. The van der Waals surface area contributed by atoms with Gasteiger partial charge in [-0.3, -0.25) is 0 Å². The molecule has 4 rings (SSSR count). The molecule has 0 N–H and O–H groups in total. The van der Waals surface area contributed by atoms with Crippen LogP contribution in [0.3, 0.4) is 0 Å². The van der Waals surface area contributed by atoms with Gasteiger partial charge in [-0.1, -0.05) is 38.1 Å². The minimum absolute atomic E-state index is 0. The average molecular weight is 646 g/mol. The van der Waals surface area contributed by atoms with E-state index < -0.39 is 0 Å². The minimum atomic E-state index is 0. The molecule has 0 heterocycles. The van der Waals surface area contributed by atoms with Crippen molar-refractivity contribution in [3.63, 3.8) is 0 Å². The number of halogens is 2. The molecule has 0 aliphatic heterocycles. The molecule has 0 aromatic heterocycles. The van der Waals surface area contributed by atoms with E-state index in [2.05, 4.69) is 99.8 Å². The zero-order valence-electron chi connectivity index (χ0n) is 19.1. The van der Waals surface area contributed by atoms with Crippen molar-refractivity contribution in [2.45, 2.75) is 38.8 Å². The van der Waals surface area contributed by atoms with Crippen molar-refractivity contribution >= 4 is 31.1 Å². The van der Waals surface area contributed by atoms with Crippen LogP contribution < -0.4 is 24.8 Å². The summed E-state index contributed by atoms with van der Waals surface area (Å²) in [5.41, 5.74) is 2.87. The summed E-state index contributed by atoms with van der Waals surface area (Å²) in [7, 11) is 0.996. The second-order valence-electron chi connectivity index (χ2n) is 6.93. The Morgan fingerprint density at radius 3 is 1.41 bits per heavy atom. The van der Waals surface area contributed by atoms with Crippen LogP contribution >= 0.6 is 0 Å². The first-order chi connectivity index (χ1) is 14.2. The van der Waals surface area contributed by atoms with Gasteiger partial charge in [-0.05, 0) is 24.9 Å². The van der Waals surface area contributed by atoms with E-state index in [-0.39, 0.29) is 50.7 Å². The molecule has 0 nitrogen and oxygen atoms in total. The Labute approximate surface area is 228 Å². The normalized spacial score (nSPS) is 9.06. The SMILES string of the molecule is C=CC[Si]CC=C.CCc1cc2ccccc2[cH-]1.CCc1cc2ccccc2[cH-]1.[Cl-].[Cl-].[Hf+4]. The van der Waals surface area contributed by atoms with Gasteiger partial charge in [0.2, 0.25) is 0 Å². The molecule has 32 heavy (non-hydrogen) atoms. The Hall–Kier alpha value is -1.19. The number of aryl methyl sites for hydroxylation is 2. The van der Waals surface area contributed by atoms with E-state index in [1.54, 1.807) is 0 Å². The Balaban J connectivity index is 0. The van der Waals surface area contributed by atoms with Crippen molar-refractivity contribution in [1.82, 2.24) is 0 Å². The molecule has 0 fully saturated rings. The molecule has 0 amide bonds. The van der Waals surface area contributed by atoms with Gasteiger partial charge in [0.1, 0.15) is 0 Å². The quantitative estimate of drug-likeness (QED) is 0.131. The van der Waals surface area contributed by atoms with Crippen molar-refractivity contribution in [2.24, 2.45) is 0 Å². The number of allylic oxidation sites excluding steroid dienone is 2. The molecule has 0 aliphatic carbocycles. The Morgan fingerprint density at radius 1 is 0.719 bits per heavy atom. The fourth-order valence-corrected chi connectivity index (χ4v) is 3.70. The van der Waals surface area contributed by atoms with E-state index in [1.165, 1.54) is 32.7 Å². The molecule has 4 aromatic carbocycles. The molecule has 4 aromatic rings. The number of hydrogen-bond acceptors (Lipinski definition) is 0. The van der Waals surface area contributed by atoms with Gasteiger partial charge >= 0.3 is 25.8 Å². The first-order valence-corrected chi connectivity index (χ1v) is 11.8. The first-order valence-electron chi connectivity index (χ1n) is 10.4. The average Bonchev–Trinajstić information content (AvgIpc) is 3.38. The van der Waals surface area contributed by atoms with Crippen LogP contribution in [0.1, 0.15) is 25.0 Å². The van der Waals surface area contributed by atoms with Crippen molar-refractivity contribution in [3.8, 4) is 0 Å². The summed E-state index contributed by atoms with van der Waals surface area (Å²) in [6.45, 7) is 11.6. The molecule has 166 valence electrons. The second kappa shape index (κ2) is 19.3. The van der Waals surface area contributed by atoms with Crippen LogP contribution in [0.2, 0.25) is 12.1 Å². The summed E-state index contributed by atoms with van der Waals surface area (Å²) in [5, 5.41) is 5.46. The minimum Gasteiger partial charge on any atom is -1.00 e. The molecular formula is C28H32Cl2HfSi. The zero-order chi connectivity index (χ0) is 20.9. The van der Waals surface area contributed by atoms with Crippen molar-refractivity contribution in [2.75, 3.05) is 0 Å². The zero-order valence-corrected chi connectivity index (χ0v) is 25.2. The van der Waals surface area contributed by atoms with E-state index in [9.17, 15) is 0 Å². The van der Waals surface area contributed by atoms with E-state index >= 15 is 0 Å². The molecule has 0 unspecified atom stereocenters. The predicted octanol–water partition coefficient (Wildman–Crippen LogP) is 2.15. The van der Waals surface area contributed by atoms with Crippen LogP contribution in [0.15, 0.2) is 98.1 Å². The van der Waals surface area contributed by atoms with Crippen LogP contribution in [0.25, 0.3) is 21.5 Å². The molecule has 4 heteroatoms. The molecule has 0 saturated carbocycles. The summed E-state index contributed by atoms with van der Waals surface area (Å²) in [5.74, 6) is 0. The Bertz CT molecular complexity index is 868. The maximum atomic E-state index is 3.61. The van der Waals surface area contributed by atoms with Gasteiger partial charge in [0, 0.05) is 9.52 Å². The topological polar surface area (TPSA) is 0 Å². The van der Waals surface area contributed by atoms with Gasteiger partial charge in [0.05, 0.1) is 0 Å². The maximum Gasteiger partial charge on any atom is 4.00 e. The van der Waals surface area contributed by atoms with Gasteiger partial charge < -0.3 is 24.8 Å². The third kappa shape index (κ3) is 11.1. The Kier molecular flexibility index (Phi) is 19.9. The fourth-order valence-electron chi connectivity index (χ4n) is 3.13. The molecule has 0 spiro atoms. The van der Waals surface area contributed by atoms with Gasteiger partial charge in [0.15, 0.2) is 0 Å². The molecule has 0 bridgehead atoms. The number of fused-ring (bicyclic) bond motifs is 2. The van der Waals surface area contributed by atoms with E-state index in [0.717, 1.165) is 34.4 Å². The van der Waals surface area contributed by atoms with Crippen LogP contribution in [0.5, 0.6) is 0 Å². The maximum absolute atomic E-state index is 3.61. The largest absolute Gasteiger partial charge is 4.00 e. The van der Waals surface area contributed by atoms with E-state index in [4.69, 9.17) is 0 Å². The van der Waals surface area contributed by atoms with Gasteiger partial charge in [0.25, 0.3) is 0 Å². The number of hydrogen-bond donors (Lipinski definition) is 0. The molecule has 2 radical (unpaired) electrons. The fraction of sp³-hybridized carbons (Fsp3) is 0.214. The molecule has 0 saturated heterocycles. The summed E-state index contributed by atoms with van der Waals surface area (Å²) in [6, 6.07) is 28.3. The smallest absolute Gasteiger partial charge is 1.00 e. The summed E-state index contributed by atoms with van der Waals surface area (Å²) < 4.78 is 0. The van der Waals surface area contributed by atoms with Crippen molar-refractivity contribution < 1.29 is 50.7 Å². The van der Waals surface area contributed by atoms with Crippen molar-refractivity contribution in [3.05, 3.63) is 109 Å². The summed E-state index contributed by atoms with van der Waals surface area (Å²) >= 11 is 0. The third-order valence-corrected chi connectivity index (χ3v) is 5.90. The molecule has 0 aliphatic rings. The van der Waals surface area contributed by atoms with Crippen LogP contribution in [0, 0.1) is 0 Å². The van der Waals surface area contributed by atoms with Gasteiger partial charge in [-0.15, -0.1) is 94.4 Å². The molecule has 0 atom stereocenters. The standard InChI is InChI=1S/2C11H11.C6H10Si.2ClH.Hf/c2*1-2-9-7-10-5-3-4-6-11(10)8-9;1-3-5-7-6-4-2;;;/h2*3-8H,2H2,1H3;3-4H,1-2,5-6H2;2*1H;/q2*-1;;;;+4/p-2. The Morgan fingerprint density at radius 2 is 1.09 bits per heavy atom. The van der Waals surface area contributed by atoms with E-state index in [1.807, 2.05) is 12.2 Å². The van der Waals surface area contributed by atoms with Crippen LogP contribution in [-0.4, -0.2) is 9.52 Å². The molecular weight excluding hydrogens is 614 g/mol.